The molecule has 3 rings (SSSR count). The van der Waals surface area contributed by atoms with Gasteiger partial charge in [0.2, 0.25) is 5.91 Å². The minimum absolute atomic E-state index is 0.105. The smallest absolute Gasteiger partial charge is 0.353 e. The minimum Gasteiger partial charge on any atom is -0.353 e. The van der Waals surface area contributed by atoms with Crippen LogP contribution in [0.4, 0.5) is 8.78 Å². The van der Waals surface area contributed by atoms with Crippen molar-refractivity contribution < 1.29 is 18.4 Å². The van der Waals surface area contributed by atoms with Crippen LogP contribution in [0.25, 0.3) is 10.8 Å². The zero-order valence-electron chi connectivity index (χ0n) is 15.1. The number of hydrogen-bond donors (Lipinski definition) is 2. The summed E-state index contributed by atoms with van der Waals surface area (Å²) in [5.74, 6) is -6.20. The number of nitrogens with zero attached hydrogens (tertiary/aromatic N) is 2. The topological polar surface area (TPSA) is 84.0 Å². The summed E-state index contributed by atoms with van der Waals surface area (Å²) in [5, 5.41) is 6.64. The highest BCUT2D eigenvalue weighted by atomic mass is 35.5. The molecule has 0 aliphatic heterocycles. The number of halogens is 3. The molecule has 1 atom stereocenters. The number of carbonyl (C=O) groups excluding carboxylic acids is 2. The monoisotopic (exact) mass is 418 g/mol. The molecular formula is C20H17ClF2N4O2. The summed E-state index contributed by atoms with van der Waals surface area (Å²) >= 11 is 5.48. The first-order valence-electron chi connectivity index (χ1n) is 8.68. The number of rotatable bonds is 7. The molecule has 0 saturated heterocycles. The molecule has 6 nitrogen and oxygen atoms in total. The molecule has 3 aromatic rings. The van der Waals surface area contributed by atoms with Gasteiger partial charge < -0.3 is 10.6 Å². The van der Waals surface area contributed by atoms with Crippen LogP contribution >= 0.6 is 11.6 Å². The van der Waals surface area contributed by atoms with E-state index >= 15 is 0 Å². The fourth-order valence-corrected chi connectivity index (χ4v) is 2.86. The summed E-state index contributed by atoms with van der Waals surface area (Å²) < 4.78 is 29.0. The number of carbonyl (C=O) groups is 2. The van der Waals surface area contributed by atoms with Gasteiger partial charge in [-0.2, -0.15) is 8.78 Å². The van der Waals surface area contributed by atoms with Crippen LogP contribution in [0.5, 0.6) is 0 Å². The predicted molar refractivity (Wildman–Crippen MR) is 104 cm³/mol. The van der Waals surface area contributed by atoms with E-state index in [-0.39, 0.29) is 12.4 Å². The van der Waals surface area contributed by atoms with Crippen molar-refractivity contribution >= 4 is 34.2 Å². The van der Waals surface area contributed by atoms with Gasteiger partial charge in [0, 0.05) is 18.9 Å². The molecular weight excluding hydrogens is 402 g/mol. The molecule has 2 amide bonds. The van der Waals surface area contributed by atoms with Crippen LogP contribution in [0.2, 0.25) is 0 Å². The molecule has 0 aliphatic rings. The Morgan fingerprint density at radius 1 is 1.10 bits per heavy atom. The zero-order chi connectivity index (χ0) is 20.9. The van der Waals surface area contributed by atoms with Crippen LogP contribution in [-0.4, -0.2) is 34.2 Å². The first kappa shape index (κ1) is 20.6. The predicted octanol–water partition coefficient (Wildman–Crippen LogP) is 2.93. The average molecular weight is 419 g/mol. The summed E-state index contributed by atoms with van der Waals surface area (Å²) in [7, 11) is 0. The zero-order valence-corrected chi connectivity index (χ0v) is 15.9. The summed E-state index contributed by atoms with van der Waals surface area (Å²) in [5.41, 5.74) is -0.207. The fourth-order valence-electron chi connectivity index (χ4n) is 2.77. The number of fused-ring (bicyclic) bond motifs is 1. The second-order valence-electron chi connectivity index (χ2n) is 6.24. The Labute approximate surface area is 170 Å². The van der Waals surface area contributed by atoms with Crippen molar-refractivity contribution in [2.24, 2.45) is 0 Å². The molecule has 1 heterocycles. The molecule has 2 aromatic carbocycles. The summed E-state index contributed by atoms with van der Waals surface area (Å²) in [6.07, 6.45) is 3.15. The second kappa shape index (κ2) is 8.91. The second-order valence-corrected chi connectivity index (χ2v) is 6.50. The van der Waals surface area contributed by atoms with E-state index in [0.717, 1.165) is 23.2 Å². The maximum absolute atomic E-state index is 14.5. The largest absolute Gasteiger partial charge is 0.367 e. The van der Waals surface area contributed by atoms with Crippen LogP contribution in [0.15, 0.2) is 61.1 Å². The average Bonchev–Trinajstić information content (AvgIpc) is 2.76. The molecule has 1 unspecified atom stereocenters. The molecule has 1 aromatic heterocycles. The molecule has 2 N–H and O–H groups in total. The van der Waals surface area contributed by atoms with Crippen molar-refractivity contribution in [1.82, 2.24) is 20.6 Å². The Morgan fingerprint density at radius 2 is 1.86 bits per heavy atom. The van der Waals surface area contributed by atoms with Crippen molar-refractivity contribution in [2.45, 2.75) is 12.0 Å². The molecule has 150 valence electrons. The SMILES string of the molecule is O=C(CCl)NCC(NC(=O)C(F)(F)c1cnccn1)c1ccc2ccccc2c1. The third-order valence-electron chi connectivity index (χ3n) is 4.28. The van der Waals surface area contributed by atoms with E-state index in [1.807, 2.05) is 30.3 Å². The van der Waals surface area contributed by atoms with Gasteiger partial charge in [-0.1, -0.05) is 36.4 Å². The Morgan fingerprint density at radius 3 is 2.55 bits per heavy atom. The molecule has 0 aliphatic carbocycles. The number of alkyl halides is 3. The number of aromatic nitrogens is 2. The van der Waals surface area contributed by atoms with Crippen LogP contribution < -0.4 is 10.6 Å². The van der Waals surface area contributed by atoms with Crippen molar-refractivity contribution in [3.05, 3.63) is 72.3 Å². The van der Waals surface area contributed by atoms with Gasteiger partial charge in [0.25, 0.3) is 5.91 Å². The van der Waals surface area contributed by atoms with E-state index in [1.54, 1.807) is 12.1 Å². The Balaban J connectivity index is 1.88. The van der Waals surface area contributed by atoms with Gasteiger partial charge >= 0.3 is 5.92 Å². The first-order valence-corrected chi connectivity index (χ1v) is 9.22. The van der Waals surface area contributed by atoms with E-state index in [1.165, 1.54) is 6.20 Å². The Hall–Kier alpha value is -3.13. The van der Waals surface area contributed by atoms with Crippen molar-refractivity contribution in [2.75, 3.05) is 12.4 Å². The first-order chi connectivity index (χ1) is 13.9. The fraction of sp³-hybridized carbons (Fsp3) is 0.200. The Kier molecular flexibility index (Phi) is 6.33. The maximum atomic E-state index is 14.5. The summed E-state index contributed by atoms with van der Waals surface area (Å²) in [6, 6.07) is 11.9. The molecule has 0 bridgehead atoms. The van der Waals surface area contributed by atoms with Crippen molar-refractivity contribution in [3.8, 4) is 0 Å². The quantitative estimate of drug-likeness (QED) is 0.578. The number of benzene rings is 2. The molecule has 0 saturated carbocycles. The van der Waals surface area contributed by atoms with Gasteiger partial charge in [-0.3, -0.25) is 19.6 Å². The molecule has 29 heavy (non-hydrogen) atoms. The molecule has 0 fully saturated rings. The van der Waals surface area contributed by atoms with Crippen LogP contribution in [0, 0.1) is 0 Å². The van der Waals surface area contributed by atoms with Gasteiger partial charge in [-0.25, -0.2) is 0 Å². The Bertz CT molecular complexity index is 1020. The normalized spacial score (nSPS) is 12.4. The lowest BCUT2D eigenvalue weighted by molar-refractivity contribution is -0.148. The minimum atomic E-state index is -3.89. The standard InChI is InChI=1S/C20H17ClF2N4O2/c21-10-18(28)26-11-16(15-6-5-13-3-1-2-4-14(13)9-15)27-19(29)20(22,23)17-12-24-7-8-25-17/h1-9,12,16H,10-11H2,(H,26,28)(H,27,29). The van der Waals surface area contributed by atoms with Crippen molar-refractivity contribution in [1.29, 1.82) is 0 Å². The summed E-state index contributed by atoms with van der Waals surface area (Å²) in [6.45, 7) is -0.105. The number of amides is 2. The maximum Gasteiger partial charge on any atom is 0.367 e. The molecule has 0 radical (unpaired) electrons. The van der Waals surface area contributed by atoms with Gasteiger partial charge in [0.1, 0.15) is 11.6 Å². The third-order valence-corrected chi connectivity index (χ3v) is 4.52. The number of nitrogens with one attached hydrogen (secondary N) is 2. The lowest BCUT2D eigenvalue weighted by atomic mass is 10.0. The molecule has 9 heteroatoms. The third kappa shape index (κ3) is 4.83. The van der Waals surface area contributed by atoms with E-state index < -0.39 is 29.5 Å². The van der Waals surface area contributed by atoms with E-state index in [2.05, 4.69) is 20.6 Å². The van der Waals surface area contributed by atoms with E-state index in [9.17, 15) is 18.4 Å². The lowest BCUT2D eigenvalue weighted by Gasteiger charge is -2.23. The number of hydrogen-bond acceptors (Lipinski definition) is 4. The van der Waals surface area contributed by atoms with Crippen LogP contribution in [-0.2, 0) is 15.5 Å². The molecule has 0 spiro atoms. The highest BCUT2D eigenvalue weighted by Gasteiger charge is 2.43. The van der Waals surface area contributed by atoms with Gasteiger partial charge in [0.15, 0.2) is 0 Å². The van der Waals surface area contributed by atoms with Crippen LogP contribution in [0.3, 0.4) is 0 Å². The van der Waals surface area contributed by atoms with E-state index in [0.29, 0.717) is 5.56 Å². The summed E-state index contributed by atoms with van der Waals surface area (Å²) in [4.78, 5) is 31.0. The van der Waals surface area contributed by atoms with Crippen LogP contribution in [0.1, 0.15) is 17.3 Å². The van der Waals surface area contributed by atoms with Gasteiger partial charge in [-0.15, -0.1) is 11.6 Å². The highest BCUT2D eigenvalue weighted by Crippen LogP contribution is 2.27. The van der Waals surface area contributed by atoms with Gasteiger partial charge in [0.05, 0.1) is 12.2 Å². The van der Waals surface area contributed by atoms with Gasteiger partial charge in [-0.05, 0) is 22.4 Å². The highest BCUT2D eigenvalue weighted by molar-refractivity contribution is 6.27. The van der Waals surface area contributed by atoms with Crippen molar-refractivity contribution in [3.63, 3.8) is 0 Å². The van der Waals surface area contributed by atoms with E-state index in [4.69, 9.17) is 11.6 Å². The lowest BCUT2D eigenvalue weighted by Crippen LogP contribution is -2.44.